The number of carbonyl (C=O) groups excluding carboxylic acids is 1. The number of nitrogens with one attached hydrogen (secondary N) is 1. The van der Waals surface area contributed by atoms with Gasteiger partial charge in [-0.05, 0) is 34.2 Å². The Hall–Kier alpha value is -1.17. The molecule has 0 aromatic rings. The maximum absolute atomic E-state index is 12.5. The second-order valence-corrected chi connectivity index (χ2v) is 6.31. The third kappa shape index (κ3) is 4.18. The van der Waals surface area contributed by atoms with Gasteiger partial charge in [-0.15, -0.1) is 0 Å². The van der Waals surface area contributed by atoms with Crippen molar-refractivity contribution < 1.29 is 14.3 Å². The van der Waals surface area contributed by atoms with Crippen molar-refractivity contribution in [3.63, 3.8) is 0 Å². The lowest BCUT2D eigenvalue weighted by Gasteiger charge is -2.20. The Morgan fingerprint density at radius 2 is 2.14 bits per heavy atom. The minimum absolute atomic E-state index is 0.0209. The summed E-state index contributed by atoms with van der Waals surface area (Å²) in [6.07, 6.45) is 7.76. The van der Waals surface area contributed by atoms with Crippen LogP contribution in [0.2, 0.25) is 0 Å². The molecule has 0 aromatic heterocycles. The van der Waals surface area contributed by atoms with Gasteiger partial charge >= 0.3 is 0 Å². The lowest BCUT2D eigenvalue weighted by Crippen LogP contribution is -2.44. The highest BCUT2D eigenvalue weighted by Gasteiger charge is 2.49. The summed E-state index contributed by atoms with van der Waals surface area (Å²) in [5, 5.41) is 3.05. The second kappa shape index (κ2) is 7.40. The number of nitrogens with zero attached hydrogens (tertiary/aromatic N) is 1. The van der Waals surface area contributed by atoms with Gasteiger partial charge in [-0.1, -0.05) is 23.8 Å². The first kappa shape index (κ1) is 17.2. The summed E-state index contributed by atoms with van der Waals surface area (Å²) in [6, 6.07) is -0.168. The van der Waals surface area contributed by atoms with Crippen LogP contribution in [0.3, 0.4) is 0 Å². The van der Waals surface area contributed by atoms with Crippen LogP contribution in [0.4, 0.5) is 0 Å². The van der Waals surface area contributed by atoms with Crippen LogP contribution in [0.15, 0.2) is 23.8 Å². The minimum atomic E-state index is -0.571. The number of ether oxygens (including phenoxy) is 2. The van der Waals surface area contributed by atoms with Gasteiger partial charge in [0.25, 0.3) is 0 Å². The van der Waals surface area contributed by atoms with Gasteiger partial charge in [0, 0.05) is 12.5 Å². The van der Waals surface area contributed by atoms with Gasteiger partial charge in [-0.2, -0.15) is 0 Å². The minimum Gasteiger partial charge on any atom is -0.349 e. The number of hydrogen-bond donors (Lipinski definition) is 1. The Morgan fingerprint density at radius 1 is 1.45 bits per heavy atom. The highest BCUT2D eigenvalue weighted by molar-refractivity contribution is 5.82. The summed E-state index contributed by atoms with van der Waals surface area (Å²) in [5.74, 6) is -0.530. The van der Waals surface area contributed by atoms with Crippen molar-refractivity contribution in [3.8, 4) is 0 Å². The molecule has 1 N–H and O–H groups in total. The zero-order valence-electron chi connectivity index (χ0n) is 14.1. The lowest BCUT2D eigenvalue weighted by molar-refractivity contribution is -0.146. The molecule has 124 valence electrons. The fourth-order valence-corrected chi connectivity index (χ4v) is 2.95. The fraction of sp³-hybridized carbons (Fsp3) is 0.706. The van der Waals surface area contributed by atoms with Gasteiger partial charge in [-0.3, -0.25) is 9.69 Å². The van der Waals surface area contributed by atoms with E-state index in [-0.39, 0.29) is 18.0 Å². The van der Waals surface area contributed by atoms with E-state index in [1.807, 2.05) is 31.9 Å². The molecular formula is C17H28N2O3. The molecule has 0 radical (unpaired) electrons. The maximum Gasteiger partial charge on any atom is 0.238 e. The highest BCUT2D eigenvalue weighted by Crippen LogP contribution is 2.33. The van der Waals surface area contributed by atoms with Crippen molar-refractivity contribution in [2.24, 2.45) is 0 Å². The van der Waals surface area contributed by atoms with Crippen LogP contribution in [-0.4, -0.2) is 55.5 Å². The summed E-state index contributed by atoms with van der Waals surface area (Å²) >= 11 is 0. The van der Waals surface area contributed by atoms with Gasteiger partial charge in [0.2, 0.25) is 5.91 Å². The third-order valence-electron chi connectivity index (χ3n) is 4.37. The Bertz CT molecular complexity index is 453. The van der Waals surface area contributed by atoms with Crippen LogP contribution >= 0.6 is 0 Å². The lowest BCUT2D eigenvalue weighted by atomic mass is 10.1. The predicted molar refractivity (Wildman–Crippen MR) is 86.5 cm³/mol. The highest BCUT2D eigenvalue weighted by atomic mass is 16.7. The number of carbonyl (C=O) groups is 1. The molecule has 22 heavy (non-hydrogen) atoms. The first-order valence-corrected chi connectivity index (χ1v) is 8.03. The Balaban J connectivity index is 1.84. The molecule has 5 heteroatoms. The van der Waals surface area contributed by atoms with Crippen molar-refractivity contribution in [1.82, 2.24) is 10.2 Å². The number of hydrogen-bond acceptors (Lipinski definition) is 4. The largest absolute Gasteiger partial charge is 0.349 e. The average Bonchev–Trinajstić information content (AvgIpc) is 3.05. The van der Waals surface area contributed by atoms with E-state index in [2.05, 4.69) is 24.4 Å². The van der Waals surface area contributed by atoms with Crippen molar-refractivity contribution in [2.75, 3.05) is 26.8 Å². The zero-order valence-corrected chi connectivity index (χ0v) is 14.1. The van der Waals surface area contributed by atoms with Gasteiger partial charge in [0.15, 0.2) is 5.79 Å². The Labute approximate surface area is 133 Å². The Kier molecular flexibility index (Phi) is 5.78. The molecule has 2 heterocycles. The van der Waals surface area contributed by atoms with Crippen molar-refractivity contribution in [3.05, 3.63) is 23.8 Å². The van der Waals surface area contributed by atoms with Crippen molar-refractivity contribution in [1.29, 1.82) is 0 Å². The van der Waals surface area contributed by atoms with E-state index in [0.717, 1.165) is 6.42 Å². The number of likely N-dealkylation sites (N-methyl/N-ethyl adjacent to an activating group) is 1. The van der Waals surface area contributed by atoms with Crippen LogP contribution in [0.1, 0.15) is 33.6 Å². The van der Waals surface area contributed by atoms with Gasteiger partial charge < -0.3 is 14.8 Å². The van der Waals surface area contributed by atoms with Gasteiger partial charge in [-0.25, -0.2) is 0 Å². The molecule has 0 bridgehead atoms. The summed E-state index contributed by atoms with van der Waals surface area (Å²) in [5.41, 5.74) is 1.32. The molecule has 0 aliphatic carbocycles. The van der Waals surface area contributed by atoms with E-state index in [1.165, 1.54) is 5.57 Å². The van der Waals surface area contributed by atoms with Crippen LogP contribution in [0, 0.1) is 0 Å². The quantitative estimate of drug-likeness (QED) is 0.788. The summed E-state index contributed by atoms with van der Waals surface area (Å²) in [6.45, 7) is 8.01. The number of amides is 1. The average molecular weight is 308 g/mol. The van der Waals surface area contributed by atoms with Crippen LogP contribution in [0.5, 0.6) is 0 Å². The van der Waals surface area contributed by atoms with E-state index >= 15 is 0 Å². The van der Waals surface area contributed by atoms with Crippen molar-refractivity contribution >= 4 is 5.91 Å². The molecule has 2 saturated heterocycles. The summed E-state index contributed by atoms with van der Waals surface area (Å²) in [7, 11) is 1.94. The molecule has 0 saturated carbocycles. The molecule has 2 atom stereocenters. The zero-order chi connectivity index (χ0) is 16.2. The van der Waals surface area contributed by atoms with Gasteiger partial charge in [0.1, 0.15) is 0 Å². The topological polar surface area (TPSA) is 50.8 Å². The molecule has 5 nitrogen and oxygen atoms in total. The monoisotopic (exact) mass is 308 g/mol. The SMILES string of the molecule is C/C=C(/C)C/C=C/[C@@H](C)NC(=O)[C@@H]1CC2(CN1C)OCCO2. The smallest absolute Gasteiger partial charge is 0.238 e. The number of rotatable bonds is 5. The van der Waals surface area contributed by atoms with Crippen LogP contribution in [-0.2, 0) is 14.3 Å². The van der Waals surface area contributed by atoms with Crippen molar-refractivity contribution in [2.45, 2.75) is 51.5 Å². The molecule has 1 amide bonds. The molecule has 2 fully saturated rings. The predicted octanol–water partition coefficient (Wildman–Crippen LogP) is 1.85. The molecular weight excluding hydrogens is 280 g/mol. The number of allylic oxidation sites excluding steroid dienone is 3. The summed E-state index contributed by atoms with van der Waals surface area (Å²) in [4.78, 5) is 14.5. The van der Waals surface area contributed by atoms with Gasteiger partial charge in [0.05, 0.1) is 25.8 Å². The summed E-state index contributed by atoms with van der Waals surface area (Å²) < 4.78 is 11.4. The molecule has 2 aliphatic rings. The third-order valence-corrected chi connectivity index (χ3v) is 4.37. The van der Waals surface area contributed by atoms with E-state index in [1.54, 1.807) is 0 Å². The standard InChI is InChI=1S/C17H28N2O3/c1-5-13(2)7-6-8-14(3)18-16(20)15-11-17(12-19(15)4)21-9-10-22-17/h5-6,8,14-15H,7,9-12H2,1-4H3,(H,18,20)/b8-6+,13-5-/t14-,15+/m1/s1. The second-order valence-electron chi connectivity index (χ2n) is 6.31. The first-order chi connectivity index (χ1) is 10.5. The number of likely N-dealkylation sites (tertiary alicyclic amines) is 1. The fourth-order valence-electron chi connectivity index (χ4n) is 2.95. The molecule has 0 aromatic carbocycles. The molecule has 2 rings (SSSR count). The van der Waals surface area contributed by atoms with E-state index < -0.39 is 5.79 Å². The van der Waals surface area contributed by atoms with E-state index in [9.17, 15) is 4.79 Å². The molecule has 2 aliphatic heterocycles. The molecule has 0 unspecified atom stereocenters. The van der Waals surface area contributed by atoms with Crippen LogP contribution < -0.4 is 5.32 Å². The normalized spacial score (nSPS) is 26.9. The molecule has 1 spiro atoms. The Morgan fingerprint density at radius 3 is 2.77 bits per heavy atom. The first-order valence-electron chi connectivity index (χ1n) is 8.03. The van der Waals surface area contributed by atoms with E-state index in [0.29, 0.717) is 26.2 Å². The van der Waals surface area contributed by atoms with Crippen LogP contribution in [0.25, 0.3) is 0 Å². The van der Waals surface area contributed by atoms with E-state index in [4.69, 9.17) is 9.47 Å². The maximum atomic E-state index is 12.5.